The first kappa shape index (κ1) is 11.4. The molecule has 2 atom stereocenters. The van der Waals surface area contributed by atoms with Crippen LogP contribution in [0.15, 0.2) is 0 Å². The van der Waals surface area contributed by atoms with Crippen LogP contribution < -0.4 is 5.32 Å². The number of carbonyl (C=O) groups excluding carboxylic acids is 1. The highest BCUT2D eigenvalue weighted by molar-refractivity contribution is 5.75. The van der Waals surface area contributed by atoms with Gasteiger partial charge in [-0.25, -0.2) is 0 Å². The van der Waals surface area contributed by atoms with Gasteiger partial charge in [0.2, 0.25) is 5.91 Å². The second-order valence-electron chi connectivity index (χ2n) is 2.56. The zero-order valence-electron chi connectivity index (χ0n) is 7.83. The Hall–Kier alpha value is -0.610. The van der Waals surface area contributed by atoms with Crippen LogP contribution in [0.4, 0.5) is 0 Å². The van der Waals surface area contributed by atoms with Gasteiger partial charge in [0.15, 0.2) is 6.29 Å². The van der Waals surface area contributed by atoms with Crippen molar-refractivity contribution in [3.8, 4) is 0 Å². The lowest BCUT2D eigenvalue weighted by Crippen LogP contribution is -2.42. The first-order valence-electron chi connectivity index (χ1n) is 4.20. The highest BCUT2D eigenvalue weighted by Crippen LogP contribution is 1.95. The summed E-state index contributed by atoms with van der Waals surface area (Å²) in [4.78, 5) is 10.9. The average molecular weight is 175 g/mol. The van der Waals surface area contributed by atoms with Crippen molar-refractivity contribution >= 4 is 5.91 Å². The number of rotatable bonds is 5. The van der Waals surface area contributed by atoms with E-state index in [1.807, 2.05) is 0 Å². The quantitative estimate of drug-likeness (QED) is 0.589. The normalized spacial score (nSPS) is 15.3. The Morgan fingerprint density at radius 3 is 2.58 bits per heavy atom. The van der Waals surface area contributed by atoms with Gasteiger partial charge in [0.25, 0.3) is 0 Å². The minimum atomic E-state index is -0.912. The van der Waals surface area contributed by atoms with Crippen LogP contribution in [0.3, 0.4) is 0 Å². The summed E-state index contributed by atoms with van der Waals surface area (Å²) < 4.78 is 4.89. The van der Waals surface area contributed by atoms with E-state index >= 15 is 0 Å². The van der Waals surface area contributed by atoms with Crippen molar-refractivity contribution in [1.29, 1.82) is 0 Å². The molecule has 1 unspecified atom stereocenters. The van der Waals surface area contributed by atoms with Gasteiger partial charge in [-0.2, -0.15) is 0 Å². The molecule has 0 saturated carbocycles. The summed E-state index contributed by atoms with van der Waals surface area (Å²) in [5, 5.41) is 11.8. The van der Waals surface area contributed by atoms with Crippen molar-refractivity contribution in [2.75, 3.05) is 6.61 Å². The molecule has 0 heterocycles. The van der Waals surface area contributed by atoms with E-state index in [0.29, 0.717) is 13.0 Å². The number of aliphatic hydroxyl groups excluding tert-OH is 1. The minimum Gasteiger partial charge on any atom is -0.366 e. The Kier molecular flexibility index (Phi) is 5.66. The van der Waals surface area contributed by atoms with Crippen LogP contribution in [0.2, 0.25) is 0 Å². The Labute approximate surface area is 72.9 Å². The van der Waals surface area contributed by atoms with Crippen molar-refractivity contribution in [2.24, 2.45) is 0 Å². The summed E-state index contributed by atoms with van der Waals surface area (Å²) in [5.74, 6) is -0.0822. The monoisotopic (exact) mass is 175 g/mol. The summed E-state index contributed by atoms with van der Waals surface area (Å²) in [5.41, 5.74) is 0. The van der Waals surface area contributed by atoms with E-state index in [2.05, 4.69) is 5.32 Å². The first-order chi connectivity index (χ1) is 5.61. The van der Waals surface area contributed by atoms with Gasteiger partial charge < -0.3 is 15.2 Å². The lowest BCUT2D eigenvalue weighted by molar-refractivity contribution is -0.133. The van der Waals surface area contributed by atoms with Gasteiger partial charge in [-0.1, -0.05) is 6.92 Å². The highest BCUT2D eigenvalue weighted by atomic mass is 16.6. The molecule has 0 aliphatic heterocycles. The molecule has 0 aliphatic carbocycles. The number of amides is 1. The van der Waals surface area contributed by atoms with E-state index in [1.165, 1.54) is 0 Å². The topological polar surface area (TPSA) is 58.6 Å². The molecule has 0 rings (SSSR count). The van der Waals surface area contributed by atoms with Crippen LogP contribution in [0.5, 0.6) is 0 Å². The number of carbonyl (C=O) groups is 1. The highest BCUT2D eigenvalue weighted by Gasteiger charge is 2.14. The van der Waals surface area contributed by atoms with Crippen molar-refractivity contribution in [1.82, 2.24) is 5.32 Å². The molecule has 0 radical (unpaired) electrons. The van der Waals surface area contributed by atoms with E-state index in [-0.39, 0.29) is 11.9 Å². The van der Waals surface area contributed by atoms with E-state index in [1.54, 1.807) is 20.8 Å². The van der Waals surface area contributed by atoms with Gasteiger partial charge in [-0.15, -0.1) is 0 Å². The maximum atomic E-state index is 10.9. The number of nitrogens with one attached hydrogen (secondary N) is 1. The predicted molar refractivity (Wildman–Crippen MR) is 45.5 cm³/mol. The molecule has 0 spiro atoms. The lowest BCUT2D eigenvalue weighted by atomic mass is 10.3. The Balaban J connectivity index is 3.69. The molecule has 12 heavy (non-hydrogen) atoms. The molecule has 4 nitrogen and oxygen atoms in total. The zero-order chi connectivity index (χ0) is 9.56. The van der Waals surface area contributed by atoms with Crippen molar-refractivity contribution < 1.29 is 14.6 Å². The van der Waals surface area contributed by atoms with Crippen LogP contribution in [0.25, 0.3) is 0 Å². The van der Waals surface area contributed by atoms with Crippen LogP contribution in [-0.2, 0) is 9.53 Å². The zero-order valence-corrected chi connectivity index (χ0v) is 7.83. The number of hydrogen-bond donors (Lipinski definition) is 2. The van der Waals surface area contributed by atoms with Gasteiger partial charge in [0, 0.05) is 13.0 Å². The molecule has 0 aromatic heterocycles. The largest absolute Gasteiger partial charge is 0.366 e. The summed E-state index contributed by atoms with van der Waals surface area (Å²) in [6.07, 6.45) is -0.492. The SMILES string of the molecule is CCOC(O)[C@H](C)NC(=O)CC. The second-order valence-corrected chi connectivity index (χ2v) is 2.56. The predicted octanol–water partition coefficient (Wildman–Crippen LogP) is 0.256. The summed E-state index contributed by atoms with van der Waals surface area (Å²) >= 11 is 0. The molecule has 2 N–H and O–H groups in total. The summed E-state index contributed by atoms with van der Waals surface area (Å²) in [7, 11) is 0. The Morgan fingerprint density at radius 2 is 2.17 bits per heavy atom. The average Bonchev–Trinajstić information content (AvgIpc) is 2.04. The summed E-state index contributed by atoms with van der Waals surface area (Å²) in [6, 6.07) is -0.350. The third-order valence-corrected chi connectivity index (χ3v) is 1.47. The molecule has 4 heteroatoms. The van der Waals surface area contributed by atoms with Gasteiger partial charge in [0.05, 0.1) is 6.04 Å². The van der Waals surface area contributed by atoms with E-state index in [9.17, 15) is 9.90 Å². The Bertz CT molecular complexity index is 138. The molecule has 0 bridgehead atoms. The third kappa shape index (κ3) is 4.31. The van der Waals surface area contributed by atoms with Crippen LogP contribution >= 0.6 is 0 Å². The number of ether oxygens (including phenoxy) is 1. The smallest absolute Gasteiger partial charge is 0.220 e. The fourth-order valence-corrected chi connectivity index (χ4v) is 0.742. The molecule has 0 aliphatic rings. The van der Waals surface area contributed by atoms with Crippen LogP contribution in [0, 0.1) is 0 Å². The van der Waals surface area contributed by atoms with E-state index in [0.717, 1.165) is 0 Å². The summed E-state index contributed by atoms with van der Waals surface area (Å²) in [6.45, 7) is 5.69. The number of hydrogen-bond acceptors (Lipinski definition) is 3. The maximum absolute atomic E-state index is 10.9. The van der Waals surface area contributed by atoms with Gasteiger partial charge in [0.1, 0.15) is 0 Å². The van der Waals surface area contributed by atoms with E-state index < -0.39 is 6.29 Å². The lowest BCUT2D eigenvalue weighted by Gasteiger charge is -2.19. The molecule has 72 valence electrons. The third-order valence-electron chi connectivity index (χ3n) is 1.47. The number of aliphatic hydroxyl groups is 1. The van der Waals surface area contributed by atoms with Gasteiger partial charge >= 0.3 is 0 Å². The molecular formula is C8H17NO3. The molecule has 0 fully saturated rings. The molecule has 1 amide bonds. The Morgan fingerprint density at radius 1 is 1.58 bits per heavy atom. The van der Waals surface area contributed by atoms with Gasteiger partial charge in [-0.05, 0) is 13.8 Å². The fraction of sp³-hybridized carbons (Fsp3) is 0.875. The van der Waals surface area contributed by atoms with Gasteiger partial charge in [-0.3, -0.25) is 4.79 Å². The maximum Gasteiger partial charge on any atom is 0.220 e. The fourth-order valence-electron chi connectivity index (χ4n) is 0.742. The second kappa shape index (κ2) is 5.97. The van der Waals surface area contributed by atoms with Crippen LogP contribution in [0.1, 0.15) is 27.2 Å². The molecule has 0 aromatic carbocycles. The molecule has 0 aromatic rings. The van der Waals surface area contributed by atoms with Crippen LogP contribution in [-0.4, -0.2) is 30.0 Å². The van der Waals surface area contributed by atoms with Crippen molar-refractivity contribution in [3.05, 3.63) is 0 Å². The van der Waals surface area contributed by atoms with Crippen molar-refractivity contribution in [2.45, 2.75) is 39.5 Å². The first-order valence-corrected chi connectivity index (χ1v) is 4.20. The standard InChI is InChI=1S/C8H17NO3/c1-4-7(10)9-6(3)8(11)12-5-2/h6,8,11H,4-5H2,1-3H3,(H,9,10)/t6-,8?/m0/s1. The minimum absolute atomic E-state index is 0.0822. The molecular weight excluding hydrogens is 158 g/mol. The van der Waals surface area contributed by atoms with E-state index in [4.69, 9.17) is 4.74 Å². The van der Waals surface area contributed by atoms with Crippen molar-refractivity contribution in [3.63, 3.8) is 0 Å². The molecule has 0 saturated heterocycles.